The summed E-state index contributed by atoms with van der Waals surface area (Å²) in [5, 5.41) is 14.3. The van der Waals surface area contributed by atoms with Gasteiger partial charge in [-0.05, 0) is 32.9 Å². The van der Waals surface area contributed by atoms with Gasteiger partial charge in [-0.25, -0.2) is 8.42 Å². The summed E-state index contributed by atoms with van der Waals surface area (Å²) in [7, 11) is -2.92. The molecule has 2 atom stereocenters. The van der Waals surface area contributed by atoms with Crippen LogP contribution in [0.1, 0.15) is 27.2 Å². The molecule has 11 heteroatoms. The van der Waals surface area contributed by atoms with Crippen molar-refractivity contribution in [2.75, 3.05) is 17.9 Å². The number of nitrogens with one attached hydrogen (secondary N) is 2. The molecule has 0 amide bonds. The van der Waals surface area contributed by atoms with E-state index in [1.54, 1.807) is 20.8 Å². The first-order chi connectivity index (χ1) is 12.6. The van der Waals surface area contributed by atoms with Gasteiger partial charge in [0.05, 0.1) is 22.6 Å². The summed E-state index contributed by atoms with van der Waals surface area (Å²) in [4.78, 5) is 22.5. The number of carbonyl (C=O) groups is 1. The first kappa shape index (κ1) is 20.9. The van der Waals surface area contributed by atoms with Gasteiger partial charge in [0.1, 0.15) is 0 Å². The van der Waals surface area contributed by atoms with Crippen molar-refractivity contribution in [1.29, 1.82) is 0 Å². The molecule has 10 nitrogen and oxygen atoms in total. The summed E-state index contributed by atoms with van der Waals surface area (Å²) in [5.41, 5.74) is -0.846. The van der Waals surface area contributed by atoms with Crippen LogP contribution < -0.4 is 14.8 Å². The molecule has 27 heavy (non-hydrogen) atoms. The molecule has 1 fully saturated rings. The Bertz CT molecular complexity index is 781. The number of thiol groups is 1. The largest absolute Gasteiger partial charge is 0.486 e. The van der Waals surface area contributed by atoms with Crippen molar-refractivity contribution >= 4 is 28.2 Å². The van der Waals surface area contributed by atoms with Gasteiger partial charge in [0.2, 0.25) is 10.9 Å². The Morgan fingerprint density at radius 2 is 2.11 bits per heavy atom. The SMILES string of the molecule is CC(C)(C)C(=O)OC1C[C@H](COc2ccc(N[SH](=O)=O)cc2[N+](=O)[O-])CN1. The summed E-state index contributed by atoms with van der Waals surface area (Å²) < 4.78 is 34.4. The lowest BCUT2D eigenvalue weighted by Gasteiger charge is -2.20. The number of hydrogen-bond donors (Lipinski definition) is 3. The van der Waals surface area contributed by atoms with E-state index in [9.17, 15) is 23.3 Å². The number of hydrogen-bond acceptors (Lipinski definition) is 8. The van der Waals surface area contributed by atoms with E-state index in [2.05, 4.69) is 10.0 Å². The highest BCUT2D eigenvalue weighted by Gasteiger charge is 2.32. The second-order valence-electron chi connectivity index (χ2n) is 7.27. The maximum absolute atomic E-state index is 11.9. The van der Waals surface area contributed by atoms with Crippen LogP contribution in [0.4, 0.5) is 11.4 Å². The van der Waals surface area contributed by atoms with Crippen LogP contribution in [0.5, 0.6) is 5.75 Å². The van der Waals surface area contributed by atoms with Gasteiger partial charge in [-0.1, -0.05) is 0 Å². The molecule has 1 heterocycles. The zero-order valence-corrected chi connectivity index (χ0v) is 16.2. The number of nitrogens with zero attached hydrogens (tertiary/aromatic N) is 1. The predicted octanol–water partition coefficient (Wildman–Crippen LogP) is 1.44. The molecular formula is C16H23N3O7S. The summed E-state index contributed by atoms with van der Waals surface area (Å²) in [6, 6.07) is 3.83. The van der Waals surface area contributed by atoms with Crippen molar-refractivity contribution in [2.45, 2.75) is 33.4 Å². The van der Waals surface area contributed by atoms with E-state index in [1.165, 1.54) is 12.1 Å². The first-order valence-electron chi connectivity index (χ1n) is 8.33. The van der Waals surface area contributed by atoms with Crippen molar-refractivity contribution in [3.63, 3.8) is 0 Å². The van der Waals surface area contributed by atoms with Crippen LogP contribution in [0.25, 0.3) is 0 Å². The zero-order chi connectivity index (χ0) is 20.2. The highest BCUT2D eigenvalue weighted by Crippen LogP contribution is 2.31. The van der Waals surface area contributed by atoms with Crippen molar-refractivity contribution in [3.8, 4) is 5.75 Å². The molecule has 1 aliphatic rings. The second kappa shape index (κ2) is 8.53. The maximum Gasteiger partial charge on any atom is 0.313 e. The highest BCUT2D eigenvalue weighted by atomic mass is 32.2. The Morgan fingerprint density at radius 3 is 2.70 bits per heavy atom. The lowest BCUT2D eigenvalue weighted by molar-refractivity contribution is -0.385. The van der Waals surface area contributed by atoms with E-state index in [-0.39, 0.29) is 35.6 Å². The van der Waals surface area contributed by atoms with Crippen LogP contribution in [-0.4, -0.2) is 38.7 Å². The van der Waals surface area contributed by atoms with Gasteiger partial charge in [0.15, 0.2) is 12.0 Å². The third kappa shape index (κ3) is 6.07. The maximum atomic E-state index is 11.9. The van der Waals surface area contributed by atoms with Crippen LogP contribution in [0.2, 0.25) is 0 Å². The third-order valence-electron chi connectivity index (χ3n) is 3.89. The molecule has 0 radical (unpaired) electrons. The van der Waals surface area contributed by atoms with Gasteiger partial charge in [-0.2, -0.15) is 0 Å². The average Bonchev–Trinajstić information content (AvgIpc) is 2.99. The van der Waals surface area contributed by atoms with Crippen LogP contribution >= 0.6 is 0 Å². The van der Waals surface area contributed by atoms with Gasteiger partial charge in [-0.3, -0.25) is 24.9 Å². The van der Waals surface area contributed by atoms with Crippen LogP contribution in [0.15, 0.2) is 18.2 Å². The number of carbonyl (C=O) groups excluding carboxylic acids is 1. The minimum atomic E-state index is -2.92. The van der Waals surface area contributed by atoms with E-state index >= 15 is 0 Å². The lowest BCUT2D eigenvalue weighted by atomic mass is 9.97. The number of anilines is 1. The first-order valence-corrected chi connectivity index (χ1v) is 9.51. The van der Waals surface area contributed by atoms with E-state index < -0.39 is 27.5 Å². The number of nitro groups is 1. The van der Waals surface area contributed by atoms with E-state index in [4.69, 9.17) is 9.47 Å². The molecule has 1 unspecified atom stereocenters. The molecular weight excluding hydrogens is 378 g/mol. The molecule has 150 valence electrons. The quantitative estimate of drug-likeness (QED) is 0.270. The Kier molecular flexibility index (Phi) is 6.60. The number of esters is 1. The fraction of sp³-hybridized carbons (Fsp3) is 0.562. The second-order valence-corrected chi connectivity index (χ2v) is 8.01. The summed E-state index contributed by atoms with van der Waals surface area (Å²) >= 11 is 0. The van der Waals surface area contributed by atoms with Gasteiger partial charge >= 0.3 is 11.7 Å². The normalized spacial score (nSPS) is 19.7. The van der Waals surface area contributed by atoms with Gasteiger partial charge in [-0.15, -0.1) is 0 Å². The molecule has 0 aliphatic carbocycles. The van der Waals surface area contributed by atoms with Crippen LogP contribution in [0, 0.1) is 21.4 Å². The predicted molar refractivity (Wildman–Crippen MR) is 98.0 cm³/mol. The van der Waals surface area contributed by atoms with E-state index in [0.717, 1.165) is 6.07 Å². The standard InChI is InChI=1S/C16H23N3O7S/c1-16(2,3)15(20)26-14-6-10(8-17-14)9-25-13-5-4-11(18-27(23)24)7-12(13)19(21)22/h4-5,7,10,14,17,27H,6,8-9H2,1-3H3,(H,18,23,24)/t10-,14?/m0/s1. The number of nitro benzene ring substituents is 1. The third-order valence-corrected chi connectivity index (χ3v) is 4.33. The number of benzene rings is 1. The molecule has 0 aromatic heterocycles. The summed E-state index contributed by atoms with van der Waals surface area (Å²) in [6.07, 6.45) is 0.117. The fourth-order valence-corrected chi connectivity index (χ4v) is 2.80. The lowest BCUT2D eigenvalue weighted by Crippen LogP contribution is -2.33. The summed E-state index contributed by atoms with van der Waals surface area (Å²) in [6.45, 7) is 6.05. The van der Waals surface area contributed by atoms with Crippen LogP contribution in [0.3, 0.4) is 0 Å². The molecule has 2 rings (SSSR count). The fourth-order valence-electron chi connectivity index (χ4n) is 2.45. The average molecular weight is 401 g/mol. The topological polar surface area (TPSA) is 137 Å². The van der Waals surface area contributed by atoms with Crippen molar-refractivity contribution in [2.24, 2.45) is 11.3 Å². The molecule has 1 aliphatic heterocycles. The zero-order valence-electron chi connectivity index (χ0n) is 15.3. The summed E-state index contributed by atoms with van der Waals surface area (Å²) in [5.74, 6) is -0.255. The number of rotatable bonds is 7. The van der Waals surface area contributed by atoms with Crippen LogP contribution in [-0.2, 0) is 20.4 Å². The molecule has 0 spiro atoms. The molecule has 1 aromatic carbocycles. The number of ether oxygens (including phenoxy) is 2. The van der Waals surface area contributed by atoms with E-state index in [0.29, 0.717) is 13.0 Å². The van der Waals surface area contributed by atoms with E-state index in [1.807, 2.05) is 0 Å². The Morgan fingerprint density at radius 1 is 1.41 bits per heavy atom. The Labute approximate surface area is 158 Å². The highest BCUT2D eigenvalue weighted by molar-refractivity contribution is 7.73. The molecule has 1 aromatic rings. The van der Waals surface area contributed by atoms with Crippen molar-refractivity contribution < 1.29 is 27.6 Å². The van der Waals surface area contributed by atoms with Gasteiger partial charge in [0, 0.05) is 24.9 Å². The monoisotopic (exact) mass is 401 g/mol. The Balaban J connectivity index is 1.95. The van der Waals surface area contributed by atoms with Crippen molar-refractivity contribution in [3.05, 3.63) is 28.3 Å². The smallest absolute Gasteiger partial charge is 0.313 e. The molecule has 0 bridgehead atoms. The van der Waals surface area contributed by atoms with Gasteiger partial charge < -0.3 is 9.47 Å². The minimum Gasteiger partial charge on any atom is -0.486 e. The molecule has 1 saturated heterocycles. The van der Waals surface area contributed by atoms with Crippen molar-refractivity contribution in [1.82, 2.24) is 5.32 Å². The molecule has 0 saturated carbocycles. The minimum absolute atomic E-state index is 0.0105. The van der Waals surface area contributed by atoms with Gasteiger partial charge in [0.25, 0.3) is 0 Å². The molecule has 2 N–H and O–H groups in total. The Hall–Kier alpha value is -2.40.